The zero-order valence-electron chi connectivity index (χ0n) is 13.4. The largest absolute Gasteiger partial charge is 2.00 e. The summed E-state index contributed by atoms with van der Waals surface area (Å²) in [5.74, 6) is 1.91. The molecule has 3 heteroatoms. The molecule has 1 heterocycles. The van der Waals surface area contributed by atoms with E-state index in [2.05, 4.69) is 30.1 Å². The fourth-order valence-corrected chi connectivity index (χ4v) is 5.30. The van der Waals surface area contributed by atoms with Crippen LogP contribution in [0, 0.1) is 5.92 Å². The molecule has 0 N–H and O–H groups in total. The van der Waals surface area contributed by atoms with Crippen LogP contribution in [0.4, 0.5) is 0 Å². The summed E-state index contributed by atoms with van der Waals surface area (Å²) in [7, 11) is 4.12. The number of likely N-dealkylation sites (tertiary alicyclic amines) is 1. The van der Waals surface area contributed by atoms with Gasteiger partial charge < -0.3 is 9.64 Å². The summed E-state index contributed by atoms with van der Waals surface area (Å²) in [5.41, 5.74) is 3.67. The van der Waals surface area contributed by atoms with Crippen LogP contribution in [0.2, 0.25) is 0 Å². The molecule has 2 nitrogen and oxygen atoms in total. The van der Waals surface area contributed by atoms with Gasteiger partial charge in [0.1, 0.15) is 5.75 Å². The van der Waals surface area contributed by atoms with Gasteiger partial charge in [0.05, 0.1) is 7.11 Å². The topological polar surface area (TPSA) is 12.5 Å². The monoisotopic (exact) mass is 311 g/mol. The summed E-state index contributed by atoms with van der Waals surface area (Å²) in [6.45, 7) is 1.26. The van der Waals surface area contributed by atoms with Crippen LogP contribution in [0.15, 0.2) is 18.2 Å². The number of benzene rings is 1. The first kappa shape index (κ1) is 16.1. The van der Waals surface area contributed by atoms with Gasteiger partial charge in [-0.05, 0) is 68.5 Å². The average molecular weight is 311 g/mol. The van der Waals surface area contributed by atoms with Gasteiger partial charge in [0, 0.05) is 11.5 Å². The molecule has 0 aromatic heterocycles. The Morgan fingerprint density at radius 2 is 2.10 bits per heavy atom. The molecule has 1 aromatic rings. The zero-order valence-corrected chi connectivity index (χ0v) is 15.6. The van der Waals surface area contributed by atoms with Crippen molar-refractivity contribution in [3.05, 3.63) is 29.3 Å². The second kappa shape index (κ2) is 6.03. The Labute approximate surface area is 158 Å². The maximum Gasteiger partial charge on any atom is 2.00 e. The number of methoxy groups -OCH3 is 1. The summed E-state index contributed by atoms with van der Waals surface area (Å²) in [6.07, 6.45) is 8.22. The Balaban J connectivity index is 0.00000132. The van der Waals surface area contributed by atoms with Gasteiger partial charge in [-0.3, -0.25) is 0 Å². The van der Waals surface area contributed by atoms with Gasteiger partial charge in [-0.2, -0.15) is 0 Å². The normalized spacial score (nSPS) is 34.4. The van der Waals surface area contributed by atoms with Crippen LogP contribution in [-0.2, 0) is 11.8 Å². The van der Waals surface area contributed by atoms with E-state index >= 15 is 0 Å². The Morgan fingerprint density at radius 1 is 1.24 bits per heavy atom. The van der Waals surface area contributed by atoms with Crippen molar-refractivity contribution in [2.75, 3.05) is 20.7 Å². The number of piperidine rings is 1. The minimum Gasteiger partial charge on any atom is -0.497 e. The molecule has 0 radical (unpaired) electrons. The second-order valence-corrected chi connectivity index (χ2v) is 7.03. The first-order valence-corrected chi connectivity index (χ1v) is 8.12. The third-order valence-corrected chi connectivity index (χ3v) is 6.32. The van der Waals surface area contributed by atoms with Crippen molar-refractivity contribution in [3.8, 4) is 5.75 Å². The summed E-state index contributed by atoms with van der Waals surface area (Å²) in [6, 6.07) is 7.60. The summed E-state index contributed by atoms with van der Waals surface area (Å²) in [4.78, 5) is 2.63. The molecule has 2 fully saturated rings. The van der Waals surface area contributed by atoms with Gasteiger partial charge in [0.25, 0.3) is 0 Å². The van der Waals surface area contributed by atoms with E-state index in [9.17, 15) is 0 Å². The van der Waals surface area contributed by atoms with Gasteiger partial charge in [-0.15, -0.1) is 0 Å². The molecule has 3 atom stereocenters. The molecular formula is C18H25CaNO+2. The van der Waals surface area contributed by atoms with Gasteiger partial charge in [-0.1, -0.05) is 18.9 Å². The Kier molecular flexibility index (Phi) is 4.63. The van der Waals surface area contributed by atoms with E-state index in [0.717, 1.165) is 17.7 Å². The smallest absolute Gasteiger partial charge is 0.497 e. The van der Waals surface area contributed by atoms with Crippen LogP contribution >= 0.6 is 0 Å². The van der Waals surface area contributed by atoms with Crippen LogP contribution in [0.5, 0.6) is 5.75 Å². The minimum absolute atomic E-state index is 0. The molecule has 1 saturated heterocycles. The fourth-order valence-electron chi connectivity index (χ4n) is 5.30. The van der Waals surface area contributed by atoms with E-state index in [0.29, 0.717) is 5.41 Å². The molecule has 0 unspecified atom stereocenters. The standard InChI is InChI=1S/C18H25NO.Ca/c1-19-10-9-18-8-4-3-5-15(18)17(19)11-13-6-7-14(20-2)12-16(13)18;/h6-7,12,15,17H,3-5,8-11H2,1-2H3;/q;+2/t15-,17-,18-;/m1./s1. The molecule has 1 aromatic carbocycles. The number of ether oxygens (including phenoxy) is 1. The molecule has 4 rings (SSSR count). The molecule has 0 spiro atoms. The molecule has 108 valence electrons. The Bertz CT molecular complexity index is 532. The van der Waals surface area contributed by atoms with E-state index < -0.39 is 0 Å². The quantitative estimate of drug-likeness (QED) is 0.739. The Morgan fingerprint density at radius 3 is 2.90 bits per heavy atom. The molecule has 2 aliphatic carbocycles. The summed E-state index contributed by atoms with van der Waals surface area (Å²) >= 11 is 0. The molecular weight excluding hydrogens is 286 g/mol. The molecule has 2 bridgehead atoms. The predicted molar refractivity (Wildman–Crippen MR) is 87.1 cm³/mol. The van der Waals surface area contributed by atoms with Crippen molar-refractivity contribution < 1.29 is 4.74 Å². The van der Waals surface area contributed by atoms with Crippen molar-refractivity contribution in [2.45, 2.75) is 50.0 Å². The van der Waals surface area contributed by atoms with E-state index in [1.807, 2.05) is 0 Å². The first-order valence-electron chi connectivity index (χ1n) is 8.12. The Hall–Kier alpha value is 0.240. The van der Waals surface area contributed by atoms with Gasteiger partial charge in [0.15, 0.2) is 0 Å². The second-order valence-electron chi connectivity index (χ2n) is 7.03. The number of nitrogens with zero attached hydrogens (tertiary/aromatic N) is 1. The van der Waals surface area contributed by atoms with Crippen LogP contribution in [0.3, 0.4) is 0 Å². The van der Waals surface area contributed by atoms with Crippen molar-refractivity contribution in [1.82, 2.24) is 4.90 Å². The van der Waals surface area contributed by atoms with Crippen LogP contribution < -0.4 is 4.74 Å². The van der Waals surface area contributed by atoms with E-state index in [4.69, 9.17) is 4.74 Å². The maximum absolute atomic E-state index is 5.51. The SMILES string of the molecule is COc1ccc2c(c1)[C@@]13CCCC[C@@H]1[C@@H](C2)N(C)CC3.[Ca+2]. The van der Waals surface area contributed by atoms with Crippen molar-refractivity contribution in [2.24, 2.45) is 5.92 Å². The van der Waals surface area contributed by atoms with Gasteiger partial charge in [0.2, 0.25) is 0 Å². The molecule has 21 heavy (non-hydrogen) atoms. The zero-order chi connectivity index (χ0) is 13.7. The molecule has 0 amide bonds. The number of hydrogen-bond donors (Lipinski definition) is 0. The van der Waals surface area contributed by atoms with E-state index in [1.165, 1.54) is 45.1 Å². The number of likely N-dealkylation sites (N-methyl/N-ethyl adjacent to an activating group) is 1. The average Bonchev–Trinajstić information content (AvgIpc) is 2.50. The van der Waals surface area contributed by atoms with E-state index in [1.54, 1.807) is 18.2 Å². The van der Waals surface area contributed by atoms with Crippen molar-refractivity contribution in [1.29, 1.82) is 0 Å². The van der Waals surface area contributed by atoms with Crippen LogP contribution in [0.1, 0.15) is 43.2 Å². The third-order valence-electron chi connectivity index (χ3n) is 6.32. The first-order chi connectivity index (χ1) is 9.74. The number of rotatable bonds is 1. The number of fused-ring (bicyclic) bond motifs is 1. The van der Waals surface area contributed by atoms with Crippen molar-refractivity contribution in [3.63, 3.8) is 0 Å². The van der Waals surface area contributed by atoms with Crippen LogP contribution in [-0.4, -0.2) is 69.4 Å². The summed E-state index contributed by atoms with van der Waals surface area (Å²) < 4.78 is 5.51. The fraction of sp³-hybridized carbons (Fsp3) is 0.667. The molecule has 1 aliphatic heterocycles. The van der Waals surface area contributed by atoms with Gasteiger partial charge in [-0.25, -0.2) is 0 Å². The van der Waals surface area contributed by atoms with Crippen molar-refractivity contribution >= 4 is 37.7 Å². The summed E-state index contributed by atoms with van der Waals surface area (Å²) in [5, 5.41) is 0. The predicted octanol–water partition coefficient (Wildman–Crippen LogP) is 3.00. The third kappa shape index (κ3) is 2.38. The van der Waals surface area contributed by atoms with Crippen LogP contribution in [0.25, 0.3) is 0 Å². The molecule has 3 aliphatic rings. The van der Waals surface area contributed by atoms with E-state index in [-0.39, 0.29) is 37.7 Å². The number of hydrogen-bond acceptors (Lipinski definition) is 2. The van der Waals surface area contributed by atoms with Gasteiger partial charge >= 0.3 is 37.7 Å². The minimum atomic E-state index is 0. The molecule has 1 saturated carbocycles. The maximum atomic E-state index is 5.51.